The first-order valence-electron chi connectivity index (χ1n) is 6.02. The zero-order valence-corrected chi connectivity index (χ0v) is 10.2. The van der Waals surface area contributed by atoms with Gasteiger partial charge in [0.2, 0.25) is 0 Å². The van der Waals surface area contributed by atoms with E-state index in [0.29, 0.717) is 24.9 Å². The number of benzene rings is 1. The van der Waals surface area contributed by atoms with Crippen molar-refractivity contribution in [3.8, 4) is 5.75 Å². The second kappa shape index (κ2) is 5.47. The minimum atomic E-state index is -0.331. The van der Waals surface area contributed by atoms with Gasteiger partial charge in [0.05, 0.1) is 0 Å². The number of hydrogen-bond acceptors (Lipinski definition) is 3. The van der Waals surface area contributed by atoms with Crippen molar-refractivity contribution in [3.63, 3.8) is 0 Å². The van der Waals surface area contributed by atoms with E-state index < -0.39 is 0 Å². The summed E-state index contributed by atoms with van der Waals surface area (Å²) in [6.07, 6.45) is 2.55. The van der Waals surface area contributed by atoms with E-state index in [9.17, 15) is 4.39 Å². The zero-order chi connectivity index (χ0) is 12.3. The van der Waals surface area contributed by atoms with Gasteiger partial charge in [-0.05, 0) is 37.6 Å². The Morgan fingerprint density at radius 1 is 1.47 bits per heavy atom. The SMILES string of the molecule is CN(CCOc1ccc(CN)cc1F)C1CC1. The molecule has 0 bridgehead atoms. The summed E-state index contributed by atoms with van der Waals surface area (Å²) in [6, 6.07) is 5.58. The van der Waals surface area contributed by atoms with Gasteiger partial charge in [0.15, 0.2) is 11.6 Å². The molecular weight excluding hydrogens is 219 g/mol. The molecule has 1 aromatic rings. The Morgan fingerprint density at radius 3 is 2.82 bits per heavy atom. The summed E-state index contributed by atoms with van der Waals surface area (Å²) in [5, 5.41) is 0. The maximum Gasteiger partial charge on any atom is 0.165 e. The van der Waals surface area contributed by atoms with E-state index in [1.54, 1.807) is 12.1 Å². The predicted molar refractivity (Wildman–Crippen MR) is 65.4 cm³/mol. The minimum Gasteiger partial charge on any atom is -0.489 e. The molecule has 1 aromatic carbocycles. The van der Waals surface area contributed by atoms with Crippen LogP contribution in [0.4, 0.5) is 4.39 Å². The molecule has 0 amide bonds. The topological polar surface area (TPSA) is 38.5 Å². The lowest BCUT2D eigenvalue weighted by Crippen LogP contribution is -2.26. The number of halogens is 1. The number of ether oxygens (including phenoxy) is 1. The first kappa shape index (κ1) is 12.3. The molecule has 3 nitrogen and oxygen atoms in total. The van der Waals surface area contributed by atoms with Gasteiger partial charge in [-0.3, -0.25) is 0 Å². The van der Waals surface area contributed by atoms with Crippen LogP contribution in [0.2, 0.25) is 0 Å². The normalized spacial score (nSPS) is 15.3. The van der Waals surface area contributed by atoms with Gasteiger partial charge in [0.25, 0.3) is 0 Å². The molecule has 1 aliphatic rings. The third-order valence-corrected chi connectivity index (χ3v) is 3.10. The molecule has 0 heterocycles. The fraction of sp³-hybridized carbons (Fsp3) is 0.538. The second-order valence-electron chi connectivity index (χ2n) is 4.53. The first-order chi connectivity index (χ1) is 8.20. The average molecular weight is 238 g/mol. The molecule has 2 rings (SSSR count). The van der Waals surface area contributed by atoms with Crippen molar-refractivity contribution in [3.05, 3.63) is 29.6 Å². The molecule has 1 fully saturated rings. The zero-order valence-electron chi connectivity index (χ0n) is 10.2. The van der Waals surface area contributed by atoms with Gasteiger partial charge < -0.3 is 15.4 Å². The lowest BCUT2D eigenvalue weighted by molar-refractivity contribution is 0.225. The number of hydrogen-bond donors (Lipinski definition) is 1. The van der Waals surface area contributed by atoms with Crippen LogP contribution in [0.3, 0.4) is 0 Å². The minimum absolute atomic E-state index is 0.311. The van der Waals surface area contributed by atoms with E-state index in [2.05, 4.69) is 11.9 Å². The summed E-state index contributed by atoms with van der Waals surface area (Å²) in [6.45, 7) is 1.70. The third kappa shape index (κ3) is 3.41. The molecule has 0 aromatic heterocycles. The largest absolute Gasteiger partial charge is 0.489 e. The Kier molecular flexibility index (Phi) is 3.97. The van der Waals surface area contributed by atoms with Crippen LogP contribution >= 0.6 is 0 Å². The van der Waals surface area contributed by atoms with Crippen LogP contribution in [-0.4, -0.2) is 31.1 Å². The first-order valence-corrected chi connectivity index (χ1v) is 6.02. The van der Waals surface area contributed by atoms with Crippen LogP contribution in [-0.2, 0) is 6.54 Å². The average Bonchev–Trinajstić information content (AvgIpc) is 3.15. The van der Waals surface area contributed by atoms with E-state index >= 15 is 0 Å². The molecule has 0 aliphatic heterocycles. The maximum atomic E-state index is 13.5. The Labute approximate surface area is 101 Å². The number of nitrogens with zero attached hydrogens (tertiary/aromatic N) is 1. The van der Waals surface area contributed by atoms with Gasteiger partial charge in [-0.25, -0.2) is 4.39 Å². The van der Waals surface area contributed by atoms with Gasteiger partial charge in [-0.15, -0.1) is 0 Å². The van der Waals surface area contributed by atoms with Crippen LogP contribution < -0.4 is 10.5 Å². The van der Waals surface area contributed by atoms with Crippen molar-refractivity contribution >= 4 is 0 Å². The summed E-state index contributed by atoms with van der Waals surface area (Å²) in [5.74, 6) is -0.0200. The predicted octanol–water partition coefficient (Wildman–Crippen LogP) is 1.76. The quantitative estimate of drug-likeness (QED) is 0.820. The monoisotopic (exact) mass is 238 g/mol. The van der Waals surface area contributed by atoms with E-state index in [1.807, 2.05) is 0 Å². The van der Waals surface area contributed by atoms with Crippen molar-refractivity contribution in [2.45, 2.75) is 25.4 Å². The number of rotatable bonds is 6. The van der Waals surface area contributed by atoms with Crippen LogP contribution in [0.1, 0.15) is 18.4 Å². The molecule has 0 radical (unpaired) electrons. The van der Waals surface area contributed by atoms with Crippen molar-refractivity contribution in [1.29, 1.82) is 0 Å². The van der Waals surface area contributed by atoms with Gasteiger partial charge in [-0.2, -0.15) is 0 Å². The van der Waals surface area contributed by atoms with Crippen LogP contribution in [0.5, 0.6) is 5.75 Å². The van der Waals surface area contributed by atoms with Gasteiger partial charge in [0, 0.05) is 19.1 Å². The summed E-state index contributed by atoms with van der Waals surface area (Å²) < 4.78 is 19.0. The molecule has 4 heteroatoms. The highest BCUT2D eigenvalue weighted by atomic mass is 19.1. The van der Waals surface area contributed by atoms with Crippen molar-refractivity contribution in [2.24, 2.45) is 5.73 Å². The summed E-state index contributed by atoms with van der Waals surface area (Å²) in [5.41, 5.74) is 6.22. The molecular formula is C13H19FN2O. The van der Waals surface area contributed by atoms with Crippen molar-refractivity contribution in [1.82, 2.24) is 4.90 Å². The van der Waals surface area contributed by atoms with Crippen molar-refractivity contribution in [2.75, 3.05) is 20.2 Å². The molecule has 2 N–H and O–H groups in total. The molecule has 0 saturated heterocycles. The summed E-state index contributed by atoms with van der Waals surface area (Å²) in [7, 11) is 2.08. The van der Waals surface area contributed by atoms with Crippen LogP contribution in [0.25, 0.3) is 0 Å². The van der Waals surface area contributed by atoms with Crippen LogP contribution in [0, 0.1) is 5.82 Å². The van der Waals surface area contributed by atoms with Crippen molar-refractivity contribution < 1.29 is 9.13 Å². The second-order valence-corrected chi connectivity index (χ2v) is 4.53. The number of nitrogens with two attached hydrogens (primary N) is 1. The Bertz CT molecular complexity index is 380. The molecule has 94 valence electrons. The highest BCUT2D eigenvalue weighted by molar-refractivity contribution is 5.29. The molecule has 0 unspecified atom stereocenters. The van der Waals surface area contributed by atoms with E-state index in [-0.39, 0.29) is 5.82 Å². The standard InChI is InChI=1S/C13H19FN2O/c1-16(11-3-4-11)6-7-17-13-5-2-10(9-15)8-12(13)14/h2,5,8,11H,3-4,6-7,9,15H2,1H3. The number of likely N-dealkylation sites (N-methyl/N-ethyl adjacent to an activating group) is 1. The smallest absolute Gasteiger partial charge is 0.165 e. The summed E-state index contributed by atoms with van der Waals surface area (Å²) >= 11 is 0. The molecule has 17 heavy (non-hydrogen) atoms. The lowest BCUT2D eigenvalue weighted by atomic mass is 10.2. The fourth-order valence-electron chi connectivity index (χ4n) is 1.79. The Balaban J connectivity index is 1.81. The summed E-state index contributed by atoms with van der Waals surface area (Å²) in [4.78, 5) is 2.26. The van der Waals surface area contributed by atoms with Gasteiger partial charge in [-0.1, -0.05) is 6.07 Å². The van der Waals surface area contributed by atoms with Crippen LogP contribution in [0.15, 0.2) is 18.2 Å². The van der Waals surface area contributed by atoms with Gasteiger partial charge >= 0.3 is 0 Å². The third-order valence-electron chi connectivity index (χ3n) is 3.10. The van der Waals surface area contributed by atoms with E-state index in [0.717, 1.165) is 12.1 Å². The maximum absolute atomic E-state index is 13.5. The molecule has 1 saturated carbocycles. The molecule has 0 spiro atoms. The van der Waals surface area contributed by atoms with Gasteiger partial charge in [0.1, 0.15) is 6.61 Å². The van der Waals surface area contributed by atoms with E-state index in [4.69, 9.17) is 10.5 Å². The molecule has 1 aliphatic carbocycles. The Hall–Kier alpha value is -1.13. The Morgan fingerprint density at radius 2 is 2.24 bits per heavy atom. The lowest BCUT2D eigenvalue weighted by Gasteiger charge is -2.16. The van der Waals surface area contributed by atoms with E-state index in [1.165, 1.54) is 18.9 Å². The highest BCUT2D eigenvalue weighted by Crippen LogP contribution is 2.25. The highest BCUT2D eigenvalue weighted by Gasteiger charge is 2.25. The fourth-order valence-corrected chi connectivity index (χ4v) is 1.79. The molecule has 0 atom stereocenters.